The number of halogens is 1. The third kappa shape index (κ3) is 2.40. The Balaban J connectivity index is 1.84. The third-order valence-corrected chi connectivity index (χ3v) is 3.85. The van der Waals surface area contributed by atoms with Gasteiger partial charge in [-0.2, -0.15) is 0 Å². The largest absolute Gasteiger partial charge is 0.480 e. The van der Waals surface area contributed by atoms with Gasteiger partial charge in [-0.1, -0.05) is 23.7 Å². The molecule has 1 aliphatic rings. The summed E-state index contributed by atoms with van der Waals surface area (Å²) in [5.74, 6) is -0.799. The Kier molecular flexibility index (Phi) is 3.43. The van der Waals surface area contributed by atoms with Crippen molar-refractivity contribution in [3.05, 3.63) is 47.2 Å². The maximum Gasteiger partial charge on any atom is 0.326 e. The van der Waals surface area contributed by atoms with Crippen molar-refractivity contribution in [2.24, 2.45) is 0 Å². The van der Waals surface area contributed by atoms with E-state index >= 15 is 0 Å². The van der Waals surface area contributed by atoms with Gasteiger partial charge < -0.3 is 14.4 Å². The second-order valence-corrected chi connectivity index (χ2v) is 5.19. The molecule has 1 atom stereocenters. The maximum atomic E-state index is 12.2. The average Bonchev–Trinajstić information content (AvgIpc) is 2.86. The molecule has 21 heavy (non-hydrogen) atoms. The fraction of sp³-hybridized carbons (Fsp3) is 0.200. The second-order valence-electron chi connectivity index (χ2n) is 4.79. The predicted octanol–water partition coefficient (Wildman–Crippen LogP) is 2.90. The standard InChI is InChI=1S/C15H12ClNO4/c16-10-4-2-1-3-9(10)12-5-6-13(21-12)14(18)17-8-7-11(17)15(19)20/h1-6,11H,7-8H2,(H,19,20). The molecule has 108 valence electrons. The summed E-state index contributed by atoms with van der Waals surface area (Å²) in [4.78, 5) is 24.5. The first-order valence-corrected chi connectivity index (χ1v) is 6.84. The van der Waals surface area contributed by atoms with Crippen molar-refractivity contribution >= 4 is 23.5 Å². The molecule has 1 fully saturated rings. The molecule has 0 saturated carbocycles. The van der Waals surface area contributed by atoms with Crippen LogP contribution in [0.25, 0.3) is 11.3 Å². The van der Waals surface area contributed by atoms with E-state index in [1.807, 2.05) is 6.07 Å². The zero-order valence-electron chi connectivity index (χ0n) is 11.0. The molecule has 0 aliphatic carbocycles. The van der Waals surface area contributed by atoms with E-state index in [-0.39, 0.29) is 5.76 Å². The molecule has 1 aromatic carbocycles. The van der Waals surface area contributed by atoms with Crippen LogP contribution in [0.1, 0.15) is 17.0 Å². The van der Waals surface area contributed by atoms with Crippen LogP contribution >= 0.6 is 11.6 Å². The molecule has 6 heteroatoms. The SMILES string of the molecule is O=C(O)C1CCN1C(=O)c1ccc(-c2ccccc2Cl)o1. The number of amides is 1. The number of carbonyl (C=O) groups is 2. The molecule has 1 N–H and O–H groups in total. The van der Waals surface area contributed by atoms with E-state index in [0.717, 1.165) is 0 Å². The predicted molar refractivity (Wildman–Crippen MR) is 76.2 cm³/mol. The normalized spacial score (nSPS) is 17.4. The van der Waals surface area contributed by atoms with Crippen LogP contribution in [-0.4, -0.2) is 34.5 Å². The molecule has 0 bridgehead atoms. The quantitative estimate of drug-likeness (QED) is 0.946. The number of carbonyl (C=O) groups excluding carboxylic acids is 1. The summed E-state index contributed by atoms with van der Waals surface area (Å²) in [5, 5.41) is 9.50. The molecule has 5 nitrogen and oxygen atoms in total. The monoisotopic (exact) mass is 305 g/mol. The lowest BCUT2D eigenvalue weighted by atomic mass is 10.0. The van der Waals surface area contributed by atoms with Gasteiger partial charge in [0, 0.05) is 12.1 Å². The summed E-state index contributed by atoms with van der Waals surface area (Å²) in [6.45, 7) is 0.428. The fourth-order valence-electron chi connectivity index (χ4n) is 2.29. The Hall–Kier alpha value is -2.27. The number of likely N-dealkylation sites (tertiary alicyclic amines) is 1. The number of rotatable bonds is 3. The maximum absolute atomic E-state index is 12.2. The molecule has 2 aromatic rings. The molecule has 3 rings (SSSR count). The van der Waals surface area contributed by atoms with E-state index in [9.17, 15) is 9.59 Å². The van der Waals surface area contributed by atoms with E-state index in [1.54, 1.807) is 24.3 Å². The van der Waals surface area contributed by atoms with Crippen LogP contribution < -0.4 is 0 Å². The van der Waals surface area contributed by atoms with Gasteiger partial charge in [-0.3, -0.25) is 4.79 Å². The Morgan fingerprint density at radius 1 is 1.24 bits per heavy atom. The highest BCUT2D eigenvalue weighted by Crippen LogP contribution is 2.30. The molecule has 1 amide bonds. The minimum absolute atomic E-state index is 0.121. The van der Waals surface area contributed by atoms with Crippen LogP contribution in [0, 0.1) is 0 Å². The number of nitrogens with zero attached hydrogens (tertiary/aromatic N) is 1. The van der Waals surface area contributed by atoms with E-state index in [1.165, 1.54) is 11.0 Å². The smallest absolute Gasteiger partial charge is 0.326 e. The first-order chi connectivity index (χ1) is 10.1. The minimum atomic E-state index is -0.993. The average molecular weight is 306 g/mol. The zero-order valence-corrected chi connectivity index (χ0v) is 11.7. The Labute approximate surface area is 125 Å². The van der Waals surface area contributed by atoms with Crippen molar-refractivity contribution in [3.63, 3.8) is 0 Å². The van der Waals surface area contributed by atoms with E-state index < -0.39 is 17.9 Å². The first kappa shape index (κ1) is 13.7. The summed E-state index contributed by atoms with van der Waals surface area (Å²) in [7, 11) is 0. The number of furan rings is 1. The molecular formula is C15H12ClNO4. The van der Waals surface area contributed by atoms with Crippen LogP contribution in [0.4, 0.5) is 0 Å². The summed E-state index contributed by atoms with van der Waals surface area (Å²) in [5.41, 5.74) is 0.691. The van der Waals surface area contributed by atoms with Crippen molar-refractivity contribution in [1.29, 1.82) is 0 Å². The summed E-state index contributed by atoms with van der Waals surface area (Å²) in [6.07, 6.45) is 0.471. The fourth-order valence-corrected chi connectivity index (χ4v) is 2.52. The van der Waals surface area contributed by atoms with Gasteiger partial charge in [0.05, 0.1) is 5.02 Å². The molecule has 1 aromatic heterocycles. The Morgan fingerprint density at radius 2 is 2.00 bits per heavy atom. The van der Waals surface area contributed by atoms with E-state index in [0.29, 0.717) is 29.3 Å². The van der Waals surface area contributed by atoms with Gasteiger partial charge in [-0.25, -0.2) is 4.79 Å². The van der Waals surface area contributed by atoms with Crippen molar-refractivity contribution in [2.45, 2.75) is 12.5 Å². The lowest BCUT2D eigenvalue weighted by Gasteiger charge is -2.37. The van der Waals surface area contributed by atoms with Gasteiger partial charge >= 0.3 is 5.97 Å². The van der Waals surface area contributed by atoms with Gasteiger partial charge in [-0.05, 0) is 30.7 Å². The highest BCUT2D eigenvalue weighted by atomic mass is 35.5. The lowest BCUT2D eigenvalue weighted by Crippen LogP contribution is -2.55. The van der Waals surface area contributed by atoms with Gasteiger partial charge in [-0.15, -0.1) is 0 Å². The van der Waals surface area contributed by atoms with Crippen molar-refractivity contribution in [3.8, 4) is 11.3 Å². The van der Waals surface area contributed by atoms with Gasteiger partial charge in [0.25, 0.3) is 5.91 Å². The lowest BCUT2D eigenvalue weighted by molar-refractivity contribution is -0.146. The Morgan fingerprint density at radius 3 is 2.62 bits per heavy atom. The zero-order chi connectivity index (χ0) is 15.0. The van der Waals surface area contributed by atoms with Crippen molar-refractivity contribution in [2.75, 3.05) is 6.54 Å². The summed E-state index contributed by atoms with van der Waals surface area (Å²) in [6, 6.07) is 9.59. The van der Waals surface area contributed by atoms with Crippen LogP contribution in [0.5, 0.6) is 0 Å². The molecule has 1 aliphatic heterocycles. The second kappa shape index (κ2) is 5.26. The van der Waals surface area contributed by atoms with E-state index in [2.05, 4.69) is 0 Å². The van der Waals surface area contributed by atoms with Crippen LogP contribution in [0.15, 0.2) is 40.8 Å². The number of hydrogen-bond donors (Lipinski definition) is 1. The summed E-state index contributed by atoms with van der Waals surface area (Å²) < 4.78 is 5.53. The molecule has 1 unspecified atom stereocenters. The van der Waals surface area contributed by atoms with Crippen molar-refractivity contribution in [1.82, 2.24) is 4.90 Å². The highest BCUT2D eigenvalue weighted by molar-refractivity contribution is 6.33. The molecule has 0 radical (unpaired) electrons. The topological polar surface area (TPSA) is 70.8 Å². The molecule has 1 saturated heterocycles. The van der Waals surface area contributed by atoms with Crippen LogP contribution in [0.2, 0.25) is 5.02 Å². The first-order valence-electron chi connectivity index (χ1n) is 6.46. The van der Waals surface area contributed by atoms with Crippen LogP contribution in [0.3, 0.4) is 0 Å². The summed E-state index contributed by atoms with van der Waals surface area (Å²) >= 11 is 6.08. The third-order valence-electron chi connectivity index (χ3n) is 3.52. The highest BCUT2D eigenvalue weighted by Gasteiger charge is 2.39. The van der Waals surface area contributed by atoms with Crippen LogP contribution in [-0.2, 0) is 4.79 Å². The molecule has 2 heterocycles. The number of carboxylic acids is 1. The molecular weight excluding hydrogens is 294 g/mol. The number of benzene rings is 1. The van der Waals surface area contributed by atoms with Gasteiger partial charge in [0.1, 0.15) is 11.8 Å². The Bertz CT molecular complexity index is 709. The number of carboxylic acid groups (broad SMARTS) is 1. The van der Waals surface area contributed by atoms with E-state index in [4.69, 9.17) is 21.1 Å². The number of hydrogen-bond acceptors (Lipinski definition) is 3. The van der Waals surface area contributed by atoms with Gasteiger partial charge in [0.15, 0.2) is 5.76 Å². The molecule has 0 spiro atoms. The van der Waals surface area contributed by atoms with Gasteiger partial charge in [0.2, 0.25) is 0 Å². The minimum Gasteiger partial charge on any atom is -0.480 e. The number of aliphatic carboxylic acids is 1. The van der Waals surface area contributed by atoms with Crippen molar-refractivity contribution < 1.29 is 19.1 Å².